The van der Waals surface area contributed by atoms with Gasteiger partial charge >= 0.3 is 0 Å². The fraction of sp³-hybridized carbons (Fsp3) is 0.222. The number of allylic oxidation sites excluding steroid dienone is 1. The number of rotatable bonds is 5. The average molecular weight is 359 g/mol. The van der Waals surface area contributed by atoms with E-state index in [2.05, 4.69) is 5.32 Å². The highest BCUT2D eigenvalue weighted by atomic mass is 32.2. The Labute approximate surface area is 148 Å². The molecule has 1 aliphatic rings. The topological polar surface area (TPSA) is 55.4 Å². The number of carbonyl (C=O) groups is 2. The van der Waals surface area contributed by atoms with Gasteiger partial charge in [0.1, 0.15) is 5.75 Å². The van der Waals surface area contributed by atoms with Crippen LogP contribution in [0, 0.1) is 0 Å². The van der Waals surface area contributed by atoms with Gasteiger partial charge in [-0.05, 0) is 38.1 Å². The monoisotopic (exact) mass is 359 g/mol. The van der Waals surface area contributed by atoms with Crippen LogP contribution in [0.3, 0.4) is 0 Å². The third-order valence-corrected chi connectivity index (χ3v) is 5.68. The Kier molecular flexibility index (Phi) is 5.06. The highest BCUT2D eigenvalue weighted by Crippen LogP contribution is 2.39. The summed E-state index contributed by atoms with van der Waals surface area (Å²) in [6.45, 7) is 3.93. The minimum absolute atomic E-state index is 0.0281. The number of ether oxygens (including phenoxy) is 1. The highest BCUT2D eigenvalue weighted by molar-refractivity contribution is 8.02. The number of thiophene rings is 1. The number of hydrogen-bond donors (Lipinski definition) is 1. The van der Waals surface area contributed by atoms with Crippen LogP contribution in [-0.2, 0) is 4.79 Å². The average Bonchev–Trinajstić information content (AvgIpc) is 2.96. The molecular weight excluding hydrogens is 342 g/mol. The minimum atomic E-state index is -0.0800. The van der Waals surface area contributed by atoms with E-state index in [9.17, 15) is 9.59 Å². The predicted molar refractivity (Wildman–Crippen MR) is 99.2 cm³/mol. The van der Waals surface area contributed by atoms with Crippen LogP contribution in [0.4, 0.5) is 5.69 Å². The molecule has 124 valence electrons. The first-order chi connectivity index (χ1) is 11.5. The van der Waals surface area contributed by atoms with Crippen molar-refractivity contribution < 1.29 is 14.3 Å². The van der Waals surface area contributed by atoms with Gasteiger partial charge in [-0.1, -0.05) is 18.2 Å². The Hall–Kier alpha value is -2.05. The molecule has 0 unspecified atom stereocenters. The zero-order valence-corrected chi connectivity index (χ0v) is 15.0. The van der Waals surface area contributed by atoms with Crippen molar-refractivity contribution in [2.75, 3.05) is 11.1 Å². The van der Waals surface area contributed by atoms with Gasteiger partial charge in [-0.15, -0.1) is 23.1 Å². The quantitative estimate of drug-likeness (QED) is 0.632. The van der Waals surface area contributed by atoms with Crippen LogP contribution in [-0.4, -0.2) is 23.5 Å². The van der Waals surface area contributed by atoms with Crippen LogP contribution in [0.1, 0.15) is 29.1 Å². The molecule has 1 aromatic carbocycles. The molecule has 0 atom stereocenters. The molecule has 0 saturated heterocycles. The summed E-state index contributed by atoms with van der Waals surface area (Å²) in [5.41, 5.74) is 1.60. The molecule has 1 aromatic heterocycles. The zero-order valence-electron chi connectivity index (χ0n) is 13.4. The molecule has 3 rings (SSSR count). The SMILES string of the molecule is CC(C)Oc1ccccc1/C=C/C(=O)c1cc2c(s1)SCC(=O)N2. The number of amides is 1. The second-order valence-electron chi connectivity index (χ2n) is 5.55. The molecule has 4 nitrogen and oxygen atoms in total. The van der Waals surface area contributed by atoms with E-state index in [1.165, 1.54) is 23.1 Å². The van der Waals surface area contributed by atoms with Gasteiger partial charge < -0.3 is 10.1 Å². The van der Waals surface area contributed by atoms with Gasteiger partial charge in [0.05, 0.1) is 26.6 Å². The van der Waals surface area contributed by atoms with E-state index in [4.69, 9.17) is 4.74 Å². The van der Waals surface area contributed by atoms with Gasteiger partial charge in [0, 0.05) is 5.56 Å². The molecule has 0 saturated carbocycles. The van der Waals surface area contributed by atoms with E-state index in [1.54, 1.807) is 18.2 Å². The smallest absolute Gasteiger partial charge is 0.234 e. The first kappa shape index (κ1) is 16.8. The van der Waals surface area contributed by atoms with E-state index >= 15 is 0 Å². The molecule has 6 heteroatoms. The number of benzene rings is 1. The van der Waals surface area contributed by atoms with Crippen molar-refractivity contribution in [1.29, 1.82) is 0 Å². The van der Waals surface area contributed by atoms with Gasteiger partial charge in [-0.2, -0.15) is 0 Å². The largest absolute Gasteiger partial charge is 0.490 e. The van der Waals surface area contributed by atoms with Gasteiger partial charge in [0.25, 0.3) is 0 Å². The summed E-state index contributed by atoms with van der Waals surface area (Å²) >= 11 is 2.88. The molecule has 0 spiro atoms. The van der Waals surface area contributed by atoms with Gasteiger partial charge in [0.2, 0.25) is 5.91 Å². The fourth-order valence-electron chi connectivity index (χ4n) is 2.23. The van der Waals surface area contributed by atoms with Crippen molar-refractivity contribution in [3.05, 3.63) is 46.8 Å². The third-order valence-electron chi connectivity index (χ3n) is 3.25. The maximum atomic E-state index is 12.4. The number of anilines is 1. The standard InChI is InChI=1S/C18H17NO3S2/c1-11(2)22-15-6-4-3-5-12(15)7-8-14(20)16-9-13-18(24-16)23-10-17(21)19-13/h3-9,11H,10H2,1-2H3,(H,19,21)/b8-7+. The lowest BCUT2D eigenvalue weighted by Gasteiger charge is -2.11. The normalized spacial score (nSPS) is 13.9. The summed E-state index contributed by atoms with van der Waals surface area (Å²) in [5.74, 6) is 1.05. The van der Waals surface area contributed by atoms with Crippen LogP contribution >= 0.6 is 23.1 Å². The van der Waals surface area contributed by atoms with Crippen LogP contribution in [0.2, 0.25) is 0 Å². The van der Waals surface area contributed by atoms with Crippen LogP contribution in [0.5, 0.6) is 5.75 Å². The molecule has 0 radical (unpaired) electrons. The lowest BCUT2D eigenvalue weighted by Crippen LogP contribution is -2.17. The summed E-state index contributed by atoms with van der Waals surface area (Å²) in [7, 11) is 0. The molecule has 0 fully saturated rings. The van der Waals surface area contributed by atoms with Crippen molar-refractivity contribution in [1.82, 2.24) is 0 Å². The predicted octanol–water partition coefficient (Wildman–Crippen LogP) is 4.48. The van der Waals surface area contributed by atoms with Crippen molar-refractivity contribution >= 4 is 46.6 Å². The van der Waals surface area contributed by atoms with Gasteiger partial charge in [0.15, 0.2) is 5.78 Å². The lowest BCUT2D eigenvalue weighted by atomic mass is 10.1. The Morgan fingerprint density at radius 3 is 2.92 bits per heavy atom. The molecule has 2 heterocycles. The molecule has 0 aliphatic carbocycles. The van der Waals surface area contributed by atoms with Gasteiger partial charge in [-0.3, -0.25) is 9.59 Å². The van der Waals surface area contributed by atoms with E-state index in [-0.39, 0.29) is 17.8 Å². The number of carbonyl (C=O) groups excluding carboxylic acids is 2. The number of nitrogens with one attached hydrogen (secondary N) is 1. The molecule has 1 amide bonds. The van der Waals surface area contributed by atoms with Crippen molar-refractivity contribution in [2.45, 2.75) is 24.2 Å². The molecule has 2 aromatic rings. The summed E-state index contributed by atoms with van der Waals surface area (Å²) in [4.78, 5) is 24.4. The second-order valence-corrected chi connectivity index (χ2v) is 7.85. The first-order valence-corrected chi connectivity index (χ1v) is 9.37. The van der Waals surface area contributed by atoms with Crippen molar-refractivity contribution in [3.8, 4) is 5.75 Å². The van der Waals surface area contributed by atoms with E-state index in [0.29, 0.717) is 10.6 Å². The van der Waals surface area contributed by atoms with E-state index in [1.807, 2.05) is 38.1 Å². The number of para-hydroxylation sites is 1. The van der Waals surface area contributed by atoms with Crippen LogP contribution < -0.4 is 10.1 Å². The molecule has 1 N–H and O–H groups in total. The minimum Gasteiger partial charge on any atom is -0.490 e. The van der Waals surface area contributed by atoms with E-state index < -0.39 is 0 Å². The second kappa shape index (κ2) is 7.23. The van der Waals surface area contributed by atoms with E-state index in [0.717, 1.165) is 21.2 Å². The Morgan fingerprint density at radius 2 is 2.12 bits per heavy atom. The summed E-state index contributed by atoms with van der Waals surface area (Å²) in [6, 6.07) is 9.36. The fourth-order valence-corrected chi connectivity index (χ4v) is 4.28. The Balaban J connectivity index is 1.78. The molecule has 24 heavy (non-hydrogen) atoms. The maximum absolute atomic E-state index is 12.4. The summed E-state index contributed by atoms with van der Waals surface area (Å²) < 4.78 is 6.73. The van der Waals surface area contributed by atoms with Crippen LogP contribution in [0.15, 0.2) is 40.6 Å². The van der Waals surface area contributed by atoms with Crippen molar-refractivity contribution in [2.24, 2.45) is 0 Å². The zero-order chi connectivity index (χ0) is 17.1. The Morgan fingerprint density at radius 1 is 1.33 bits per heavy atom. The Bertz CT molecular complexity index is 808. The third kappa shape index (κ3) is 3.88. The van der Waals surface area contributed by atoms with Gasteiger partial charge in [-0.25, -0.2) is 0 Å². The number of ketones is 1. The molecular formula is C18H17NO3S2. The lowest BCUT2D eigenvalue weighted by molar-refractivity contribution is -0.113. The summed E-state index contributed by atoms with van der Waals surface area (Å²) in [5, 5.41) is 2.79. The summed E-state index contributed by atoms with van der Waals surface area (Å²) in [6.07, 6.45) is 3.39. The van der Waals surface area contributed by atoms with Crippen LogP contribution in [0.25, 0.3) is 6.08 Å². The van der Waals surface area contributed by atoms with Crippen molar-refractivity contribution in [3.63, 3.8) is 0 Å². The maximum Gasteiger partial charge on any atom is 0.234 e. The highest BCUT2D eigenvalue weighted by Gasteiger charge is 2.20. The molecule has 0 bridgehead atoms. The number of thioether (sulfide) groups is 1. The number of hydrogen-bond acceptors (Lipinski definition) is 5. The first-order valence-electron chi connectivity index (χ1n) is 7.57. The molecule has 1 aliphatic heterocycles. The number of fused-ring (bicyclic) bond motifs is 1.